The molecule has 0 rings (SSSR count). The zero-order chi connectivity index (χ0) is 24.0. The van der Waals surface area contributed by atoms with Crippen LogP contribution in [0.4, 0.5) is 9.59 Å². The van der Waals surface area contributed by atoms with Crippen molar-refractivity contribution in [3.8, 4) is 0 Å². The maximum Gasteiger partial charge on any atom is 0.371 e. The number of hydrogen-bond acceptors (Lipinski definition) is 13. The van der Waals surface area contributed by atoms with Crippen molar-refractivity contribution in [2.75, 3.05) is 25.9 Å². The molecule has 0 N–H and O–H groups in total. The monoisotopic (exact) mass is 482 g/mol. The van der Waals surface area contributed by atoms with Gasteiger partial charge in [0.15, 0.2) is 0 Å². The highest BCUT2D eigenvalue weighted by Crippen LogP contribution is 2.31. The van der Waals surface area contributed by atoms with Crippen LogP contribution in [0.3, 0.4) is 0 Å². The molecule has 0 heterocycles. The summed E-state index contributed by atoms with van der Waals surface area (Å²) >= 11 is 1.18. The van der Waals surface area contributed by atoms with Gasteiger partial charge < -0.3 is 23.7 Å². The molecule has 1 atom stereocenters. The van der Waals surface area contributed by atoms with E-state index in [0.29, 0.717) is 23.5 Å². The lowest BCUT2D eigenvalue weighted by Crippen LogP contribution is -2.34. The van der Waals surface area contributed by atoms with E-state index in [-0.39, 0.29) is 18.8 Å². The molecule has 0 saturated carbocycles. The largest absolute Gasteiger partial charge is 0.466 e. The molecule has 0 unspecified atom stereocenters. The number of ether oxygens (including phenoxy) is 5. The molecule has 0 spiro atoms. The average molecular weight is 483 g/mol. The van der Waals surface area contributed by atoms with E-state index in [2.05, 4.69) is 14.2 Å². The van der Waals surface area contributed by atoms with Crippen molar-refractivity contribution in [1.82, 2.24) is 0 Å². The Kier molecular flexibility index (Phi) is 13.6. The number of carbonyl (C=O) groups excluding carboxylic acids is 6. The van der Waals surface area contributed by atoms with Gasteiger partial charge in [0.2, 0.25) is 13.6 Å². The van der Waals surface area contributed by atoms with Gasteiger partial charge in [-0.15, -0.1) is 0 Å². The minimum atomic E-state index is -1.27. The standard InChI is InChI=1S/C18H26O11S2/c1-6-25-15(22)13(8-30-16(23)28-9-26-11(2)19)7-14(21)18(4,5)31-17(24)29-10-27-12(3)20/h13H,6-10H2,1-5H3/t13-/m0/s1. The first kappa shape index (κ1) is 28.7. The summed E-state index contributed by atoms with van der Waals surface area (Å²) in [4.78, 5) is 69.7. The molecule has 0 fully saturated rings. The molecule has 0 saturated heterocycles. The summed E-state index contributed by atoms with van der Waals surface area (Å²) < 4.78 is 22.0. The van der Waals surface area contributed by atoms with Gasteiger partial charge in [0.1, 0.15) is 5.78 Å². The molecule has 0 radical (unpaired) electrons. The maximum absolute atomic E-state index is 12.7. The Hall–Kier alpha value is -2.28. The number of rotatable bonds is 12. The van der Waals surface area contributed by atoms with Crippen molar-refractivity contribution in [3.05, 3.63) is 0 Å². The SMILES string of the molecule is CCOC(=O)[C@H](CSC(=O)OCOC(C)=O)CC(=O)C(C)(C)SC(=O)OCOC(C)=O. The second-order valence-corrected chi connectivity index (χ2v) is 8.81. The van der Waals surface area contributed by atoms with Crippen molar-refractivity contribution >= 4 is 57.8 Å². The van der Waals surface area contributed by atoms with E-state index in [1.807, 2.05) is 0 Å². The highest BCUT2D eigenvalue weighted by molar-refractivity contribution is 8.15. The number of thioether (sulfide) groups is 2. The average Bonchev–Trinajstić information content (AvgIpc) is 2.63. The van der Waals surface area contributed by atoms with Crippen molar-refractivity contribution in [1.29, 1.82) is 0 Å². The molecular formula is C18H26O11S2. The van der Waals surface area contributed by atoms with Gasteiger partial charge in [0, 0.05) is 26.0 Å². The molecule has 0 bridgehead atoms. The Labute approximate surface area is 188 Å². The van der Waals surface area contributed by atoms with Gasteiger partial charge >= 0.3 is 28.5 Å². The van der Waals surface area contributed by atoms with E-state index in [4.69, 9.17) is 9.47 Å². The van der Waals surface area contributed by atoms with Crippen molar-refractivity contribution in [3.63, 3.8) is 0 Å². The van der Waals surface area contributed by atoms with Crippen LogP contribution in [0.2, 0.25) is 0 Å². The van der Waals surface area contributed by atoms with E-state index >= 15 is 0 Å². The second-order valence-electron chi connectivity index (χ2n) is 6.30. The molecule has 0 aromatic heterocycles. The number of ketones is 1. The summed E-state index contributed by atoms with van der Waals surface area (Å²) in [6.07, 6.45) is -0.305. The zero-order valence-electron chi connectivity index (χ0n) is 17.9. The first-order valence-corrected chi connectivity index (χ1v) is 10.8. The van der Waals surface area contributed by atoms with Crippen LogP contribution in [0.25, 0.3) is 0 Å². The fourth-order valence-corrected chi connectivity index (χ4v) is 3.21. The summed E-state index contributed by atoms with van der Waals surface area (Å²) in [6, 6.07) is 0. The van der Waals surface area contributed by atoms with Crippen LogP contribution >= 0.6 is 23.5 Å². The van der Waals surface area contributed by atoms with Gasteiger partial charge in [-0.25, -0.2) is 9.59 Å². The van der Waals surface area contributed by atoms with Gasteiger partial charge in [-0.2, -0.15) is 0 Å². The Morgan fingerprint density at radius 1 is 0.806 bits per heavy atom. The lowest BCUT2D eigenvalue weighted by Gasteiger charge is -2.23. The van der Waals surface area contributed by atoms with Crippen LogP contribution in [0, 0.1) is 5.92 Å². The molecule has 0 aliphatic carbocycles. The molecule has 0 aromatic carbocycles. The van der Waals surface area contributed by atoms with E-state index in [0.717, 1.165) is 13.8 Å². The summed E-state index contributed by atoms with van der Waals surface area (Å²) in [6.45, 7) is 5.75. The minimum absolute atomic E-state index is 0.0751. The summed E-state index contributed by atoms with van der Waals surface area (Å²) in [5, 5.41) is -1.64. The second kappa shape index (κ2) is 14.7. The van der Waals surface area contributed by atoms with Crippen molar-refractivity contribution in [2.24, 2.45) is 5.92 Å². The maximum atomic E-state index is 12.7. The number of Topliss-reactive ketones (excluding diaryl/α,β-unsaturated/α-hetero) is 1. The number of esters is 3. The molecule has 11 nitrogen and oxygen atoms in total. The third kappa shape index (κ3) is 13.6. The highest BCUT2D eigenvalue weighted by atomic mass is 32.2. The Morgan fingerprint density at radius 3 is 1.81 bits per heavy atom. The fourth-order valence-electron chi connectivity index (χ4n) is 1.77. The first-order chi connectivity index (χ1) is 14.4. The predicted molar refractivity (Wildman–Crippen MR) is 110 cm³/mol. The van der Waals surface area contributed by atoms with E-state index in [1.54, 1.807) is 6.92 Å². The normalized spacial score (nSPS) is 11.6. The Balaban J connectivity index is 4.85. The van der Waals surface area contributed by atoms with Gasteiger partial charge in [-0.05, 0) is 44.3 Å². The molecule has 0 aromatic rings. The van der Waals surface area contributed by atoms with Crippen LogP contribution in [0.15, 0.2) is 0 Å². The topological polar surface area (TPSA) is 149 Å². The number of hydrogen-bond donors (Lipinski definition) is 0. The van der Waals surface area contributed by atoms with Crippen LogP contribution in [0.5, 0.6) is 0 Å². The molecule has 31 heavy (non-hydrogen) atoms. The summed E-state index contributed by atoms with van der Waals surface area (Å²) in [5.74, 6) is -3.51. The van der Waals surface area contributed by atoms with Crippen LogP contribution < -0.4 is 0 Å². The van der Waals surface area contributed by atoms with Crippen molar-refractivity contribution in [2.45, 2.75) is 45.8 Å². The van der Waals surface area contributed by atoms with Gasteiger partial charge in [0.05, 0.1) is 17.3 Å². The van der Waals surface area contributed by atoms with Crippen LogP contribution in [-0.4, -0.2) is 65.0 Å². The molecule has 13 heteroatoms. The van der Waals surface area contributed by atoms with Crippen molar-refractivity contribution < 1.29 is 52.5 Å². The van der Waals surface area contributed by atoms with E-state index in [9.17, 15) is 28.8 Å². The predicted octanol–water partition coefficient (Wildman–Crippen LogP) is 2.68. The molecule has 0 amide bonds. The quantitative estimate of drug-likeness (QED) is 0.228. The Morgan fingerprint density at radius 2 is 1.32 bits per heavy atom. The molecular weight excluding hydrogens is 456 g/mol. The third-order valence-electron chi connectivity index (χ3n) is 3.34. The lowest BCUT2D eigenvalue weighted by molar-refractivity contribution is -0.149. The van der Waals surface area contributed by atoms with E-state index in [1.165, 1.54) is 13.8 Å². The molecule has 0 aliphatic rings. The van der Waals surface area contributed by atoms with Crippen LogP contribution in [0.1, 0.15) is 41.0 Å². The number of carbonyl (C=O) groups is 6. The summed E-state index contributed by atoms with van der Waals surface area (Å²) in [5.41, 5.74) is 0. The third-order valence-corrected chi connectivity index (χ3v) is 5.29. The van der Waals surface area contributed by atoms with E-state index < -0.39 is 58.5 Å². The van der Waals surface area contributed by atoms with Gasteiger partial charge in [0.25, 0.3) is 0 Å². The highest BCUT2D eigenvalue weighted by Gasteiger charge is 2.36. The minimum Gasteiger partial charge on any atom is -0.466 e. The van der Waals surface area contributed by atoms with Gasteiger partial charge in [-0.3, -0.25) is 19.2 Å². The van der Waals surface area contributed by atoms with Crippen LogP contribution in [-0.2, 0) is 42.9 Å². The Bertz CT molecular complexity index is 675. The molecule has 0 aliphatic heterocycles. The molecule has 176 valence electrons. The summed E-state index contributed by atoms with van der Waals surface area (Å²) in [7, 11) is 0. The van der Waals surface area contributed by atoms with Gasteiger partial charge in [-0.1, -0.05) is 0 Å². The zero-order valence-corrected chi connectivity index (χ0v) is 19.6. The fraction of sp³-hybridized carbons (Fsp3) is 0.667. The smallest absolute Gasteiger partial charge is 0.371 e. The first-order valence-electron chi connectivity index (χ1n) is 9.01. The lowest BCUT2D eigenvalue weighted by atomic mass is 9.97.